The molecule has 1 atom stereocenters. The van der Waals surface area contributed by atoms with E-state index >= 15 is 0 Å². The van der Waals surface area contributed by atoms with Crippen molar-refractivity contribution in [1.82, 2.24) is 4.90 Å². The van der Waals surface area contributed by atoms with E-state index in [1.807, 2.05) is 0 Å². The number of ether oxygens (including phenoxy) is 1. The highest BCUT2D eigenvalue weighted by molar-refractivity contribution is 6.32. The van der Waals surface area contributed by atoms with Crippen LogP contribution in [0.5, 0.6) is 0 Å². The quantitative estimate of drug-likeness (QED) is 0.610. The molecular weight excluding hydrogens is 204 g/mol. The number of rotatable bonds is 1. The zero-order valence-electron chi connectivity index (χ0n) is 7.10. The van der Waals surface area contributed by atoms with Gasteiger partial charge >= 0.3 is 11.3 Å². The van der Waals surface area contributed by atoms with Gasteiger partial charge in [-0.15, -0.1) is 0 Å². The van der Waals surface area contributed by atoms with Crippen molar-refractivity contribution in [2.24, 2.45) is 0 Å². The van der Waals surface area contributed by atoms with E-state index < -0.39 is 11.3 Å². The molecule has 0 aliphatic carbocycles. The van der Waals surface area contributed by atoms with Crippen molar-refractivity contribution in [3.8, 4) is 0 Å². The second-order valence-electron chi connectivity index (χ2n) is 2.92. The Balaban J connectivity index is 2.64. The van der Waals surface area contributed by atoms with Gasteiger partial charge in [-0.1, -0.05) is 0 Å². The molecule has 1 heterocycles. The Hall–Kier alpha value is -0.420. The highest BCUT2D eigenvalue weighted by Gasteiger charge is 2.42. The van der Waals surface area contributed by atoms with Crippen molar-refractivity contribution >= 4 is 17.5 Å². The summed E-state index contributed by atoms with van der Waals surface area (Å²) in [6.07, 6.45) is 0. The van der Waals surface area contributed by atoms with Crippen LogP contribution in [0.1, 0.15) is 6.92 Å². The molecule has 0 N–H and O–H groups in total. The van der Waals surface area contributed by atoms with Gasteiger partial charge in [0.2, 0.25) is 0 Å². The first kappa shape index (κ1) is 10.7. The fraction of sp³-hybridized carbons (Fsp3) is 0.857. The molecule has 1 fully saturated rings. The predicted molar refractivity (Wildman–Crippen MR) is 42.8 cm³/mol. The van der Waals surface area contributed by atoms with Crippen molar-refractivity contribution in [1.29, 1.82) is 0 Å². The van der Waals surface area contributed by atoms with Gasteiger partial charge in [-0.25, -0.2) is 0 Å². The molecule has 1 aliphatic rings. The number of hydrogen-bond acceptors (Lipinski definition) is 2. The van der Waals surface area contributed by atoms with Gasteiger partial charge in [-0.05, 0) is 18.5 Å². The van der Waals surface area contributed by atoms with Crippen LogP contribution in [0.4, 0.5) is 8.78 Å². The Morgan fingerprint density at radius 1 is 1.69 bits per heavy atom. The summed E-state index contributed by atoms with van der Waals surface area (Å²) in [5.74, 6) is -1.34. The van der Waals surface area contributed by atoms with Gasteiger partial charge in [0.1, 0.15) is 0 Å². The summed E-state index contributed by atoms with van der Waals surface area (Å²) in [4.78, 5) is 12.1. The summed E-state index contributed by atoms with van der Waals surface area (Å²) in [5.41, 5.74) is 0. The lowest BCUT2D eigenvalue weighted by molar-refractivity contribution is -0.155. The standard InChI is InChI=1S/C7H10ClF2NO2/c1-5-4-13-3-2-11(5)6(12)7(8,9)10/h5H,2-4H2,1H3. The van der Waals surface area contributed by atoms with Crippen molar-refractivity contribution in [2.75, 3.05) is 19.8 Å². The minimum atomic E-state index is -3.80. The SMILES string of the molecule is CC1COCCN1C(=O)C(F)(F)Cl. The number of halogens is 3. The number of amides is 1. The molecule has 1 aliphatic heterocycles. The molecule has 0 spiro atoms. The third-order valence-electron chi connectivity index (χ3n) is 1.87. The fourth-order valence-electron chi connectivity index (χ4n) is 1.19. The third kappa shape index (κ3) is 2.51. The Bertz CT molecular complexity index is 207. The lowest BCUT2D eigenvalue weighted by Crippen LogP contribution is -2.51. The largest absolute Gasteiger partial charge is 0.399 e. The minimum Gasteiger partial charge on any atom is -0.377 e. The number of alkyl halides is 3. The van der Waals surface area contributed by atoms with Crippen LogP contribution < -0.4 is 0 Å². The molecular formula is C7H10ClF2NO2. The van der Waals surface area contributed by atoms with Crippen LogP contribution in [-0.4, -0.2) is 42.0 Å². The van der Waals surface area contributed by atoms with Gasteiger partial charge in [-0.3, -0.25) is 4.79 Å². The summed E-state index contributed by atoms with van der Waals surface area (Å²) in [7, 11) is 0. The van der Waals surface area contributed by atoms with Crippen molar-refractivity contribution in [2.45, 2.75) is 18.3 Å². The van der Waals surface area contributed by atoms with E-state index in [1.165, 1.54) is 0 Å². The molecule has 1 saturated heterocycles. The molecule has 1 rings (SSSR count). The first-order chi connectivity index (χ1) is 5.93. The van der Waals surface area contributed by atoms with Crippen LogP contribution in [0.25, 0.3) is 0 Å². The van der Waals surface area contributed by atoms with Crippen LogP contribution in [0.2, 0.25) is 0 Å². The van der Waals surface area contributed by atoms with Gasteiger partial charge in [-0.2, -0.15) is 8.78 Å². The summed E-state index contributed by atoms with van der Waals surface area (Å²) in [6, 6.07) is -0.342. The van der Waals surface area contributed by atoms with Crippen LogP contribution in [0, 0.1) is 0 Å². The number of morpholine rings is 1. The van der Waals surface area contributed by atoms with Crippen LogP contribution in [-0.2, 0) is 9.53 Å². The van der Waals surface area contributed by atoms with Crippen molar-refractivity contribution in [3.05, 3.63) is 0 Å². The zero-order chi connectivity index (χ0) is 10.1. The molecule has 0 saturated carbocycles. The molecule has 0 bridgehead atoms. The zero-order valence-corrected chi connectivity index (χ0v) is 7.85. The first-order valence-corrected chi connectivity index (χ1v) is 4.26. The highest BCUT2D eigenvalue weighted by atomic mass is 35.5. The molecule has 6 heteroatoms. The van der Waals surface area contributed by atoms with Gasteiger partial charge < -0.3 is 9.64 Å². The topological polar surface area (TPSA) is 29.5 Å². The van der Waals surface area contributed by atoms with Gasteiger partial charge in [0.05, 0.1) is 19.3 Å². The molecule has 0 aromatic carbocycles. The van der Waals surface area contributed by atoms with Gasteiger partial charge in [0, 0.05) is 6.54 Å². The lowest BCUT2D eigenvalue weighted by Gasteiger charge is -2.34. The number of hydrogen-bond donors (Lipinski definition) is 0. The molecule has 3 nitrogen and oxygen atoms in total. The second-order valence-corrected chi connectivity index (χ2v) is 3.39. The minimum absolute atomic E-state index is 0.169. The maximum atomic E-state index is 12.4. The van der Waals surface area contributed by atoms with E-state index in [0.29, 0.717) is 0 Å². The lowest BCUT2D eigenvalue weighted by atomic mass is 10.2. The number of nitrogens with zero attached hydrogens (tertiary/aromatic N) is 1. The van der Waals surface area contributed by atoms with E-state index in [2.05, 4.69) is 11.6 Å². The van der Waals surface area contributed by atoms with E-state index in [0.717, 1.165) is 4.90 Å². The maximum absolute atomic E-state index is 12.4. The molecule has 0 radical (unpaired) electrons. The first-order valence-electron chi connectivity index (χ1n) is 3.88. The second kappa shape index (κ2) is 3.75. The average Bonchev–Trinajstić information content (AvgIpc) is 2.02. The van der Waals surface area contributed by atoms with E-state index in [9.17, 15) is 13.6 Å². The van der Waals surface area contributed by atoms with E-state index in [-0.39, 0.29) is 25.8 Å². The average molecular weight is 214 g/mol. The molecule has 1 unspecified atom stereocenters. The summed E-state index contributed by atoms with van der Waals surface area (Å²) >= 11 is 4.62. The molecule has 13 heavy (non-hydrogen) atoms. The summed E-state index contributed by atoms with van der Waals surface area (Å²) in [5, 5.41) is -3.80. The van der Waals surface area contributed by atoms with E-state index in [1.54, 1.807) is 6.92 Å². The van der Waals surface area contributed by atoms with E-state index in [4.69, 9.17) is 4.74 Å². The Labute approximate surface area is 79.6 Å². The molecule has 76 valence electrons. The number of carbonyl (C=O) groups is 1. The molecule has 0 aromatic rings. The Morgan fingerprint density at radius 3 is 2.77 bits per heavy atom. The normalized spacial score (nSPS) is 24.6. The number of carbonyl (C=O) groups excluding carboxylic acids is 1. The van der Waals surface area contributed by atoms with Crippen molar-refractivity contribution < 1.29 is 18.3 Å². The van der Waals surface area contributed by atoms with Crippen LogP contribution in [0.3, 0.4) is 0 Å². The highest BCUT2D eigenvalue weighted by Crippen LogP contribution is 2.23. The Morgan fingerprint density at radius 2 is 2.31 bits per heavy atom. The van der Waals surface area contributed by atoms with Crippen LogP contribution >= 0.6 is 11.6 Å². The molecule has 0 aromatic heterocycles. The van der Waals surface area contributed by atoms with Crippen LogP contribution in [0.15, 0.2) is 0 Å². The fourth-order valence-corrected chi connectivity index (χ4v) is 1.30. The monoisotopic (exact) mass is 213 g/mol. The predicted octanol–water partition coefficient (Wildman–Crippen LogP) is 1.07. The van der Waals surface area contributed by atoms with Gasteiger partial charge in [0.15, 0.2) is 0 Å². The summed E-state index contributed by atoms with van der Waals surface area (Å²) < 4.78 is 29.8. The Kier molecular flexibility index (Phi) is 3.08. The maximum Gasteiger partial charge on any atom is 0.399 e. The third-order valence-corrected chi connectivity index (χ3v) is 2.03. The molecule has 1 amide bonds. The summed E-state index contributed by atoms with van der Waals surface area (Å²) in [6.45, 7) is 2.36. The van der Waals surface area contributed by atoms with Crippen molar-refractivity contribution in [3.63, 3.8) is 0 Å². The smallest absolute Gasteiger partial charge is 0.377 e. The van der Waals surface area contributed by atoms with Gasteiger partial charge in [0.25, 0.3) is 0 Å².